The van der Waals surface area contributed by atoms with Crippen LogP contribution in [-0.2, 0) is 4.79 Å². The highest BCUT2D eigenvalue weighted by Crippen LogP contribution is 2.19. The standard InChI is InChI=1S/C11H12ClN3O2/c1-8(16)14-5-6-15(13-11(14)17)10-4-2-3-9(12)7-10/h2-4,7H,5-6H2,1H3,(H,13,17). The van der Waals surface area contributed by atoms with Gasteiger partial charge in [-0.25, -0.2) is 10.2 Å². The van der Waals surface area contributed by atoms with Crippen LogP contribution in [0.1, 0.15) is 6.92 Å². The molecule has 2 rings (SSSR count). The molecule has 5 nitrogen and oxygen atoms in total. The van der Waals surface area contributed by atoms with E-state index in [9.17, 15) is 9.59 Å². The van der Waals surface area contributed by atoms with Crippen LogP contribution in [0.25, 0.3) is 0 Å². The van der Waals surface area contributed by atoms with Crippen molar-refractivity contribution in [2.45, 2.75) is 6.92 Å². The molecule has 90 valence electrons. The van der Waals surface area contributed by atoms with E-state index < -0.39 is 6.03 Å². The number of hydrogen-bond acceptors (Lipinski definition) is 3. The number of anilines is 1. The zero-order valence-corrected chi connectivity index (χ0v) is 10.1. The number of imide groups is 1. The maximum atomic E-state index is 11.6. The molecule has 1 heterocycles. The van der Waals surface area contributed by atoms with E-state index in [4.69, 9.17) is 11.6 Å². The molecule has 0 unspecified atom stereocenters. The maximum Gasteiger partial charge on any atom is 0.342 e. The third kappa shape index (κ3) is 2.50. The summed E-state index contributed by atoms with van der Waals surface area (Å²) in [6.07, 6.45) is 0. The number of nitrogens with one attached hydrogen (secondary N) is 1. The van der Waals surface area contributed by atoms with Crippen molar-refractivity contribution in [3.05, 3.63) is 29.3 Å². The van der Waals surface area contributed by atoms with Crippen molar-refractivity contribution in [1.82, 2.24) is 10.3 Å². The summed E-state index contributed by atoms with van der Waals surface area (Å²) < 4.78 is 0. The van der Waals surface area contributed by atoms with Gasteiger partial charge >= 0.3 is 6.03 Å². The van der Waals surface area contributed by atoms with E-state index >= 15 is 0 Å². The van der Waals surface area contributed by atoms with Crippen LogP contribution in [0.5, 0.6) is 0 Å². The monoisotopic (exact) mass is 253 g/mol. The van der Waals surface area contributed by atoms with Crippen LogP contribution in [0.15, 0.2) is 24.3 Å². The number of nitrogens with zero attached hydrogens (tertiary/aromatic N) is 2. The minimum absolute atomic E-state index is 0.256. The second kappa shape index (κ2) is 4.63. The van der Waals surface area contributed by atoms with Gasteiger partial charge in [-0.05, 0) is 18.2 Å². The number of amides is 3. The van der Waals surface area contributed by atoms with E-state index in [2.05, 4.69) is 5.43 Å². The Morgan fingerprint density at radius 2 is 2.18 bits per heavy atom. The summed E-state index contributed by atoms with van der Waals surface area (Å²) in [7, 11) is 0. The highest BCUT2D eigenvalue weighted by Gasteiger charge is 2.26. The van der Waals surface area contributed by atoms with Crippen molar-refractivity contribution in [2.24, 2.45) is 0 Å². The van der Waals surface area contributed by atoms with Crippen LogP contribution in [0.3, 0.4) is 0 Å². The minimum Gasteiger partial charge on any atom is -0.282 e. The zero-order valence-electron chi connectivity index (χ0n) is 9.31. The molecule has 0 bridgehead atoms. The van der Waals surface area contributed by atoms with Gasteiger partial charge in [0.2, 0.25) is 5.91 Å². The Kier molecular flexibility index (Phi) is 3.19. The van der Waals surface area contributed by atoms with Gasteiger partial charge in [0.15, 0.2) is 0 Å². The molecule has 0 aromatic heterocycles. The van der Waals surface area contributed by atoms with Crippen molar-refractivity contribution in [3.63, 3.8) is 0 Å². The molecule has 1 aromatic rings. The molecular formula is C11H12ClN3O2. The molecule has 0 radical (unpaired) electrons. The van der Waals surface area contributed by atoms with Crippen molar-refractivity contribution in [3.8, 4) is 0 Å². The first-order valence-electron chi connectivity index (χ1n) is 5.20. The summed E-state index contributed by atoms with van der Waals surface area (Å²) in [4.78, 5) is 23.9. The van der Waals surface area contributed by atoms with Gasteiger partial charge in [-0.2, -0.15) is 0 Å². The molecule has 1 aromatic carbocycles. The van der Waals surface area contributed by atoms with Gasteiger partial charge in [0, 0.05) is 11.9 Å². The summed E-state index contributed by atoms with van der Waals surface area (Å²) in [5.41, 5.74) is 3.43. The molecule has 1 aliphatic heterocycles. The smallest absolute Gasteiger partial charge is 0.282 e. The summed E-state index contributed by atoms with van der Waals surface area (Å²) in [5.74, 6) is -0.256. The molecule has 1 saturated heterocycles. The summed E-state index contributed by atoms with van der Waals surface area (Å²) in [6.45, 7) is 2.27. The topological polar surface area (TPSA) is 52.7 Å². The Bertz CT molecular complexity index is 464. The predicted octanol–water partition coefficient (Wildman–Crippen LogP) is 1.63. The van der Waals surface area contributed by atoms with E-state index in [1.54, 1.807) is 23.2 Å². The third-order valence-corrected chi connectivity index (χ3v) is 2.76. The number of benzene rings is 1. The second-order valence-electron chi connectivity index (χ2n) is 3.72. The molecule has 3 amide bonds. The lowest BCUT2D eigenvalue weighted by molar-refractivity contribution is -0.126. The van der Waals surface area contributed by atoms with Crippen molar-refractivity contribution in [2.75, 3.05) is 18.1 Å². The molecule has 6 heteroatoms. The molecule has 17 heavy (non-hydrogen) atoms. The fraction of sp³-hybridized carbons (Fsp3) is 0.273. The van der Waals surface area contributed by atoms with Crippen LogP contribution >= 0.6 is 11.6 Å². The van der Waals surface area contributed by atoms with E-state index in [0.29, 0.717) is 18.1 Å². The SMILES string of the molecule is CC(=O)N1CCN(c2cccc(Cl)c2)NC1=O. The largest absolute Gasteiger partial charge is 0.342 e. The number of halogens is 1. The quantitative estimate of drug-likeness (QED) is 0.828. The Morgan fingerprint density at radius 1 is 1.41 bits per heavy atom. The number of rotatable bonds is 1. The van der Waals surface area contributed by atoms with Crippen LogP contribution in [0, 0.1) is 0 Å². The summed E-state index contributed by atoms with van der Waals surface area (Å²) >= 11 is 5.88. The van der Waals surface area contributed by atoms with Gasteiger partial charge in [0.1, 0.15) is 0 Å². The molecule has 0 saturated carbocycles. The molecular weight excluding hydrogens is 242 g/mol. The number of carbonyl (C=O) groups is 2. The Hall–Kier alpha value is -1.75. The van der Waals surface area contributed by atoms with Gasteiger partial charge < -0.3 is 0 Å². The number of hydrazine groups is 1. The summed E-state index contributed by atoms with van der Waals surface area (Å²) in [6, 6.07) is 6.75. The van der Waals surface area contributed by atoms with Gasteiger partial charge in [-0.1, -0.05) is 17.7 Å². The van der Waals surface area contributed by atoms with Gasteiger partial charge in [-0.15, -0.1) is 0 Å². The highest BCUT2D eigenvalue weighted by molar-refractivity contribution is 6.30. The third-order valence-electron chi connectivity index (χ3n) is 2.52. The van der Waals surface area contributed by atoms with Crippen LogP contribution in [-0.4, -0.2) is 29.9 Å². The first kappa shape index (κ1) is 11.7. The second-order valence-corrected chi connectivity index (χ2v) is 4.16. The van der Waals surface area contributed by atoms with Crippen LogP contribution in [0.4, 0.5) is 10.5 Å². The van der Waals surface area contributed by atoms with Crippen molar-refractivity contribution < 1.29 is 9.59 Å². The number of hydrogen-bond donors (Lipinski definition) is 1. The average Bonchev–Trinajstić information content (AvgIpc) is 2.28. The number of urea groups is 1. The fourth-order valence-electron chi connectivity index (χ4n) is 1.67. The molecule has 1 aliphatic rings. The lowest BCUT2D eigenvalue weighted by Gasteiger charge is -2.34. The van der Waals surface area contributed by atoms with Crippen LogP contribution in [0.2, 0.25) is 5.02 Å². The minimum atomic E-state index is -0.413. The molecule has 0 aliphatic carbocycles. The lowest BCUT2D eigenvalue weighted by atomic mass is 10.3. The molecule has 1 N–H and O–H groups in total. The average molecular weight is 254 g/mol. The Morgan fingerprint density at radius 3 is 2.76 bits per heavy atom. The van der Waals surface area contributed by atoms with Gasteiger partial charge in [0.05, 0.1) is 18.8 Å². The van der Waals surface area contributed by atoms with E-state index in [1.807, 2.05) is 6.07 Å². The Labute approximate surface area is 104 Å². The molecule has 0 atom stereocenters. The highest BCUT2D eigenvalue weighted by atomic mass is 35.5. The first-order valence-corrected chi connectivity index (χ1v) is 5.57. The number of carbonyl (C=O) groups excluding carboxylic acids is 2. The molecule has 1 fully saturated rings. The predicted molar refractivity (Wildman–Crippen MR) is 64.7 cm³/mol. The summed E-state index contributed by atoms with van der Waals surface area (Å²) in [5, 5.41) is 2.28. The zero-order chi connectivity index (χ0) is 12.4. The van der Waals surface area contributed by atoms with Crippen molar-refractivity contribution in [1.29, 1.82) is 0 Å². The van der Waals surface area contributed by atoms with Crippen LogP contribution < -0.4 is 10.4 Å². The van der Waals surface area contributed by atoms with Gasteiger partial charge in [-0.3, -0.25) is 14.7 Å². The normalized spacial score (nSPS) is 15.8. The van der Waals surface area contributed by atoms with Crippen molar-refractivity contribution >= 4 is 29.2 Å². The maximum absolute atomic E-state index is 11.6. The van der Waals surface area contributed by atoms with E-state index in [-0.39, 0.29) is 5.91 Å². The first-order chi connectivity index (χ1) is 8.08. The van der Waals surface area contributed by atoms with Gasteiger partial charge in [0.25, 0.3) is 0 Å². The van der Waals surface area contributed by atoms with E-state index in [0.717, 1.165) is 5.69 Å². The Balaban J connectivity index is 2.12. The molecule has 0 spiro atoms. The lowest BCUT2D eigenvalue weighted by Crippen LogP contribution is -2.59. The fourth-order valence-corrected chi connectivity index (χ4v) is 1.86. The van der Waals surface area contributed by atoms with E-state index in [1.165, 1.54) is 11.8 Å².